The Labute approximate surface area is 156 Å². The SMILES string of the molecule is C[C@@](CCn1cc(-c2ccc(-c3ncco3)cc2)cn1)(C(=O)O)S(C)(=O)=O. The van der Waals surface area contributed by atoms with Crippen molar-refractivity contribution in [2.75, 3.05) is 6.26 Å². The Morgan fingerprint density at radius 1 is 1.22 bits per heavy atom. The van der Waals surface area contributed by atoms with E-state index in [1.165, 1.54) is 13.2 Å². The molecule has 0 unspecified atom stereocenters. The van der Waals surface area contributed by atoms with Gasteiger partial charge in [0.05, 0.1) is 12.4 Å². The second kappa shape index (κ2) is 6.99. The molecule has 3 rings (SSSR count). The van der Waals surface area contributed by atoms with Gasteiger partial charge in [-0.1, -0.05) is 12.1 Å². The van der Waals surface area contributed by atoms with Crippen molar-refractivity contribution in [3.8, 4) is 22.6 Å². The first kappa shape index (κ1) is 18.8. The van der Waals surface area contributed by atoms with Crippen LogP contribution < -0.4 is 0 Å². The summed E-state index contributed by atoms with van der Waals surface area (Å²) in [7, 11) is -3.76. The number of aryl methyl sites for hydroxylation is 1. The molecule has 0 fully saturated rings. The molecule has 8 nitrogen and oxygen atoms in total. The maximum Gasteiger partial charge on any atom is 0.324 e. The van der Waals surface area contributed by atoms with Crippen LogP contribution in [0.3, 0.4) is 0 Å². The fourth-order valence-electron chi connectivity index (χ4n) is 2.59. The van der Waals surface area contributed by atoms with E-state index in [2.05, 4.69) is 10.1 Å². The van der Waals surface area contributed by atoms with E-state index in [0.717, 1.165) is 22.9 Å². The first-order valence-electron chi connectivity index (χ1n) is 8.16. The maximum atomic E-state index is 11.8. The standard InChI is InChI=1S/C18H19N3O5S/c1-18(17(22)23,27(2,24)25)7-9-21-12-15(11-20-21)13-3-5-14(6-4-13)16-19-8-10-26-16/h3-6,8,10-12H,7,9H2,1-2H3,(H,22,23)/t18-/m1/s1. The number of sulfone groups is 1. The lowest BCUT2D eigenvalue weighted by atomic mass is 10.1. The van der Waals surface area contributed by atoms with Crippen LogP contribution >= 0.6 is 0 Å². The molecule has 1 N–H and O–H groups in total. The number of rotatable bonds is 7. The Morgan fingerprint density at radius 3 is 2.44 bits per heavy atom. The third-order valence-corrected chi connectivity index (χ3v) is 6.63. The lowest BCUT2D eigenvalue weighted by Crippen LogP contribution is -2.43. The van der Waals surface area contributed by atoms with Crippen LogP contribution in [-0.4, -0.2) is 45.3 Å². The zero-order chi connectivity index (χ0) is 19.7. The molecule has 0 spiro atoms. The summed E-state index contributed by atoms with van der Waals surface area (Å²) in [6.45, 7) is 1.39. The van der Waals surface area contributed by atoms with Crippen LogP contribution in [0.25, 0.3) is 22.6 Å². The molecule has 3 aromatic rings. The zero-order valence-corrected chi connectivity index (χ0v) is 15.7. The highest BCUT2D eigenvalue weighted by molar-refractivity contribution is 7.92. The van der Waals surface area contributed by atoms with Crippen LogP contribution in [0.5, 0.6) is 0 Å². The van der Waals surface area contributed by atoms with E-state index in [0.29, 0.717) is 5.89 Å². The fraction of sp³-hybridized carbons (Fsp3) is 0.278. The minimum Gasteiger partial charge on any atom is -0.480 e. The van der Waals surface area contributed by atoms with Gasteiger partial charge in [0.1, 0.15) is 6.26 Å². The van der Waals surface area contributed by atoms with Crippen LogP contribution in [-0.2, 0) is 21.2 Å². The summed E-state index contributed by atoms with van der Waals surface area (Å²) in [6.07, 6.45) is 7.35. The van der Waals surface area contributed by atoms with Crippen molar-refractivity contribution >= 4 is 15.8 Å². The molecule has 0 amide bonds. The van der Waals surface area contributed by atoms with Crippen molar-refractivity contribution < 1.29 is 22.7 Å². The van der Waals surface area contributed by atoms with Crippen molar-refractivity contribution in [1.82, 2.24) is 14.8 Å². The lowest BCUT2D eigenvalue weighted by molar-refractivity contribution is -0.139. The predicted molar refractivity (Wildman–Crippen MR) is 98.7 cm³/mol. The minimum atomic E-state index is -3.76. The van der Waals surface area contributed by atoms with Gasteiger partial charge in [0.2, 0.25) is 5.89 Å². The molecule has 1 aromatic carbocycles. The number of carboxylic acids is 1. The second-order valence-electron chi connectivity index (χ2n) is 6.46. The summed E-state index contributed by atoms with van der Waals surface area (Å²) >= 11 is 0. The number of benzene rings is 1. The summed E-state index contributed by atoms with van der Waals surface area (Å²) in [5.41, 5.74) is 2.60. The van der Waals surface area contributed by atoms with Crippen LogP contribution in [0, 0.1) is 0 Å². The highest BCUT2D eigenvalue weighted by Gasteiger charge is 2.43. The topological polar surface area (TPSA) is 115 Å². The van der Waals surface area contributed by atoms with Gasteiger partial charge in [0, 0.05) is 30.1 Å². The summed E-state index contributed by atoms with van der Waals surface area (Å²) in [6, 6.07) is 7.56. The van der Waals surface area contributed by atoms with Crippen molar-refractivity contribution in [3.05, 3.63) is 49.1 Å². The quantitative estimate of drug-likeness (QED) is 0.660. The van der Waals surface area contributed by atoms with E-state index in [4.69, 9.17) is 4.42 Å². The lowest BCUT2D eigenvalue weighted by Gasteiger charge is -2.22. The molecule has 0 saturated heterocycles. The number of oxazole rings is 1. The Morgan fingerprint density at radius 2 is 1.89 bits per heavy atom. The minimum absolute atomic E-state index is 0.0780. The van der Waals surface area contributed by atoms with Crippen LogP contribution in [0.1, 0.15) is 13.3 Å². The van der Waals surface area contributed by atoms with E-state index in [1.807, 2.05) is 24.3 Å². The van der Waals surface area contributed by atoms with E-state index in [9.17, 15) is 18.3 Å². The first-order chi connectivity index (χ1) is 12.7. The number of nitrogens with zero attached hydrogens (tertiary/aromatic N) is 3. The molecule has 2 aromatic heterocycles. The highest BCUT2D eigenvalue weighted by atomic mass is 32.2. The largest absolute Gasteiger partial charge is 0.480 e. The van der Waals surface area contributed by atoms with Crippen LogP contribution in [0.2, 0.25) is 0 Å². The van der Waals surface area contributed by atoms with Gasteiger partial charge in [-0.05, 0) is 31.0 Å². The van der Waals surface area contributed by atoms with Crippen molar-refractivity contribution in [2.45, 2.75) is 24.6 Å². The molecule has 0 saturated carbocycles. The van der Waals surface area contributed by atoms with E-state index >= 15 is 0 Å². The van der Waals surface area contributed by atoms with Gasteiger partial charge in [-0.25, -0.2) is 13.4 Å². The smallest absolute Gasteiger partial charge is 0.324 e. The number of carbonyl (C=O) groups is 1. The third-order valence-electron chi connectivity index (χ3n) is 4.62. The first-order valence-corrected chi connectivity index (χ1v) is 10.1. The normalized spacial score (nSPS) is 14.0. The average Bonchev–Trinajstić information content (AvgIpc) is 3.30. The van der Waals surface area contributed by atoms with Crippen molar-refractivity contribution in [2.24, 2.45) is 0 Å². The Balaban J connectivity index is 1.74. The average molecular weight is 389 g/mol. The second-order valence-corrected chi connectivity index (χ2v) is 8.91. The zero-order valence-electron chi connectivity index (χ0n) is 14.9. The van der Waals surface area contributed by atoms with Gasteiger partial charge in [0.25, 0.3) is 0 Å². The summed E-state index contributed by atoms with van der Waals surface area (Å²) < 4.78 is 28.6. The summed E-state index contributed by atoms with van der Waals surface area (Å²) in [5, 5.41) is 13.5. The van der Waals surface area contributed by atoms with Crippen molar-refractivity contribution in [3.63, 3.8) is 0 Å². The molecule has 0 radical (unpaired) electrons. The molecular weight excluding hydrogens is 370 g/mol. The summed E-state index contributed by atoms with van der Waals surface area (Å²) in [4.78, 5) is 15.5. The fourth-order valence-corrected chi connectivity index (χ4v) is 3.36. The van der Waals surface area contributed by atoms with Gasteiger partial charge in [-0.3, -0.25) is 9.48 Å². The molecule has 0 aliphatic rings. The number of hydrogen-bond donors (Lipinski definition) is 1. The number of hydrogen-bond acceptors (Lipinski definition) is 6. The molecule has 2 heterocycles. The van der Waals surface area contributed by atoms with Gasteiger partial charge in [-0.15, -0.1) is 0 Å². The monoisotopic (exact) mass is 389 g/mol. The third kappa shape index (κ3) is 3.77. The van der Waals surface area contributed by atoms with E-state index < -0.39 is 20.6 Å². The van der Waals surface area contributed by atoms with Gasteiger partial charge < -0.3 is 9.52 Å². The van der Waals surface area contributed by atoms with E-state index in [1.54, 1.807) is 23.3 Å². The van der Waals surface area contributed by atoms with Gasteiger partial charge >= 0.3 is 5.97 Å². The number of aromatic nitrogens is 3. The predicted octanol–water partition coefficient (Wildman–Crippen LogP) is 2.48. The van der Waals surface area contributed by atoms with Crippen LogP contribution in [0.15, 0.2) is 53.5 Å². The van der Waals surface area contributed by atoms with Gasteiger partial charge in [0.15, 0.2) is 14.6 Å². The Hall–Kier alpha value is -2.94. The molecule has 0 aliphatic heterocycles. The van der Waals surface area contributed by atoms with Gasteiger partial charge in [-0.2, -0.15) is 5.10 Å². The Kier molecular flexibility index (Phi) is 4.88. The Bertz CT molecular complexity index is 1040. The van der Waals surface area contributed by atoms with Crippen LogP contribution in [0.4, 0.5) is 0 Å². The molecule has 9 heteroatoms. The number of carboxylic acid groups (broad SMARTS) is 1. The number of aliphatic carboxylic acids is 1. The highest BCUT2D eigenvalue weighted by Crippen LogP contribution is 2.25. The molecule has 0 aliphatic carbocycles. The molecule has 27 heavy (non-hydrogen) atoms. The summed E-state index contributed by atoms with van der Waals surface area (Å²) in [5.74, 6) is -0.828. The molecule has 142 valence electrons. The molecule has 1 atom stereocenters. The molecular formula is C18H19N3O5S. The molecule has 0 bridgehead atoms. The maximum absolute atomic E-state index is 11.8. The van der Waals surface area contributed by atoms with Crippen molar-refractivity contribution in [1.29, 1.82) is 0 Å². The van der Waals surface area contributed by atoms with E-state index in [-0.39, 0.29) is 13.0 Å².